The fourth-order valence-electron chi connectivity index (χ4n) is 2.95. The lowest BCUT2D eigenvalue weighted by atomic mass is 10.2. The van der Waals surface area contributed by atoms with Crippen molar-refractivity contribution >= 4 is 6.09 Å². The van der Waals surface area contributed by atoms with Crippen LogP contribution in [0.2, 0.25) is 0 Å². The maximum atomic E-state index is 11.8. The lowest BCUT2D eigenvalue weighted by molar-refractivity contribution is 0.0118. The first-order valence-corrected chi connectivity index (χ1v) is 9.77. The number of nitrogens with zero attached hydrogens (tertiary/aromatic N) is 3. The van der Waals surface area contributed by atoms with Crippen molar-refractivity contribution in [3.8, 4) is 0 Å². The highest BCUT2D eigenvalue weighted by atomic mass is 16.6. The van der Waals surface area contributed by atoms with Crippen molar-refractivity contribution in [1.29, 1.82) is 0 Å². The molecule has 2 rings (SSSR count). The van der Waals surface area contributed by atoms with E-state index >= 15 is 0 Å². The van der Waals surface area contributed by atoms with Crippen molar-refractivity contribution in [2.45, 2.75) is 66.2 Å². The van der Waals surface area contributed by atoms with Gasteiger partial charge in [0, 0.05) is 64.4 Å². The molecular formula is C19H40N4O2. The van der Waals surface area contributed by atoms with Gasteiger partial charge >= 0.3 is 6.09 Å². The van der Waals surface area contributed by atoms with Crippen LogP contribution < -0.4 is 5.32 Å². The summed E-state index contributed by atoms with van der Waals surface area (Å²) in [5, 5.41) is 3.33. The Morgan fingerprint density at radius 2 is 1.28 bits per heavy atom. The van der Waals surface area contributed by atoms with Crippen LogP contribution in [0.25, 0.3) is 0 Å². The molecule has 1 amide bonds. The maximum Gasteiger partial charge on any atom is 0.410 e. The Kier molecular flexibility index (Phi) is 9.17. The highest BCUT2D eigenvalue weighted by molar-refractivity contribution is 5.68. The van der Waals surface area contributed by atoms with Gasteiger partial charge in [0.05, 0.1) is 0 Å². The van der Waals surface area contributed by atoms with Crippen molar-refractivity contribution < 1.29 is 9.53 Å². The van der Waals surface area contributed by atoms with E-state index in [0.29, 0.717) is 6.04 Å². The fraction of sp³-hybridized carbons (Fsp3) is 0.947. The predicted octanol–water partition coefficient (Wildman–Crippen LogP) is 2.25. The standard InChI is InChI=1S/C12H24N2O2.C7H16N2/c1-10(2)13-6-8-14(9-7-13)11(15)16-12(3,4)5;1-7(2)9-5-3-8-4-6-9/h10H,6-9H2,1-5H3;7-8H,3-6H2,1-2H3. The van der Waals surface area contributed by atoms with Crippen molar-refractivity contribution in [2.24, 2.45) is 0 Å². The van der Waals surface area contributed by atoms with E-state index in [2.05, 4.69) is 42.8 Å². The van der Waals surface area contributed by atoms with Crippen LogP contribution in [0.5, 0.6) is 0 Å². The summed E-state index contributed by atoms with van der Waals surface area (Å²) in [5.74, 6) is 0. The van der Waals surface area contributed by atoms with Gasteiger partial charge in [0.2, 0.25) is 0 Å². The second-order valence-corrected chi connectivity index (χ2v) is 8.48. The summed E-state index contributed by atoms with van der Waals surface area (Å²) in [6.45, 7) is 22.8. The number of rotatable bonds is 2. The quantitative estimate of drug-likeness (QED) is 0.822. The van der Waals surface area contributed by atoms with Crippen LogP contribution in [0.4, 0.5) is 4.79 Å². The zero-order valence-corrected chi connectivity index (χ0v) is 17.5. The second-order valence-electron chi connectivity index (χ2n) is 8.48. The number of piperazine rings is 2. The molecule has 0 aromatic rings. The smallest absolute Gasteiger partial charge is 0.410 e. The summed E-state index contributed by atoms with van der Waals surface area (Å²) >= 11 is 0. The molecule has 25 heavy (non-hydrogen) atoms. The molecule has 148 valence electrons. The van der Waals surface area contributed by atoms with Crippen LogP contribution in [-0.4, -0.2) is 90.8 Å². The first-order chi connectivity index (χ1) is 11.6. The minimum absolute atomic E-state index is 0.184. The third-order valence-corrected chi connectivity index (χ3v) is 4.58. The van der Waals surface area contributed by atoms with Crippen LogP contribution in [0.1, 0.15) is 48.5 Å². The fourth-order valence-corrected chi connectivity index (χ4v) is 2.95. The number of carbonyl (C=O) groups excluding carboxylic acids is 1. The topological polar surface area (TPSA) is 48.1 Å². The zero-order chi connectivity index (χ0) is 19.0. The third-order valence-electron chi connectivity index (χ3n) is 4.58. The van der Waals surface area contributed by atoms with Gasteiger partial charge in [-0.1, -0.05) is 0 Å². The summed E-state index contributed by atoms with van der Waals surface area (Å²) in [6, 6.07) is 1.29. The number of carbonyl (C=O) groups is 1. The molecule has 0 saturated carbocycles. The number of hydrogen-bond acceptors (Lipinski definition) is 5. The summed E-state index contributed by atoms with van der Waals surface area (Å²) in [7, 11) is 0. The Bertz CT molecular complexity index is 379. The molecule has 0 atom stereocenters. The predicted molar refractivity (Wildman–Crippen MR) is 104 cm³/mol. The van der Waals surface area contributed by atoms with Crippen molar-refractivity contribution in [3.63, 3.8) is 0 Å². The van der Waals surface area contributed by atoms with Gasteiger partial charge < -0.3 is 15.0 Å². The highest BCUT2D eigenvalue weighted by Gasteiger charge is 2.26. The van der Waals surface area contributed by atoms with E-state index in [0.717, 1.165) is 45.3 Å². The first-order valence-electron chi connectivity index (χ1n) is 9.77. The van der Waals surface area contributed by atoms with E-state index in [9.17, 15) is 4.79 Å². The van der Waals surface area contributed by atoms with Crippen LogP contribution in [0.3, 0.4) is 0 Å². The van der Waals surface area contributed by atoms with Crippen LogP contribution in [0, 0.1) is 0 Å². The van der Waals surface area contributed by atoms with Gasteiger partial charge in [-0.2, -0.15) is 0 Å². The molecule has 2 heterocycles. The molecule has 2 saturated heterocycles. The molecule has 1 N–H and O–H groups in total. The average Bonchev–Trinajstić information content (AvgIpc) is 2.55. The molecular weight excluding hydrogens is 316 g/mol. The van der Waals surface area contributed by atoms with Gasteiger partial charge in [-0.3, -0.25) is 9.80 Å². The largest absolute Gasteiger partial charge is 0.444 e. The number of amides is 1. The Morgan fingerprint density at radius 1 is 0.840 bits per heavy atom. The van der Waals surface area contributed by atoms with Crippen LogP contribution in [-0.2, 0) is 4.74 Å². The van der Waals surface area contributed by atoms with Crippen molar-refractivity contribution in [3.05, 3.63) is 0 Å². The number of ether oxygens (including phenoxy) is 1. The molecule has 6 nitrogen and oxygen atoms in total. The molecule has 0 aliphatic carbocycles. The van der Waals surface area contributed by atoms with Crippen LogP contribution in [0.15, 0.2) is 0 Å². The van der Waals surface area contributed by atoms with E-state index in [1.807, 2.05) is 20.8 Å². The molecule has 2 aliphatic rings. The maximum absolute atomic E-state index is 11.8. The summed E-state index contributed by atoms with van der Waals surface area (Å²) in [6.07, 6.45) is -0.184. The molecule has 0 spiro atoms. The van der Waals surface area contributed by atoms with Gasteiger partial charge in [0.1, 0.15) is 5.60 Å². The Labute approximate surface area is 154 Å². The molecule has 0 bridgehead atoms. The van der Waals surface area contributed by atoms with E-state index in [-0.39, 0.29) is 6.09 Å². The lowest BCUT2D eigenvalue weighted by Crippen LogP contribution is -2.51. The Balaban J connectivity index is 0.000000293. The summed E-state index contributed by atoms with van der Waals surface area (Å²) < 4.78 is 5.34. The van der Waals surface area contributed by atoms with E-state index < -0.39 is 5.60 Å². The minimum Gasteiger partial charge on any atom is -0.444 e. The van der Waals surface area contributed by atoms with Crippen molar-refractivity contribution in [1.82, 2.24) is 20.0 Å². The van der Waals surface area contributed by atoms with E-state index in [4.69, 9.17) is 4.74 Å². The first kappa shape index (κ1) is 22.2. The summed E-state index contributed by atoms with van der Waals surface area (Å²) in [5.41, 5.74) is -0.397. The van der Waals surface area contributed by atoms with Gasteiger partial charge in [-0.05, 0) is 48.5 Å². The molecule has 0 aromatic heterocycles. The monoisotopic (exact) mass is 356 g/mol. The minimum atomic E-state index is -0.397. The Morgan fingerprint density at radius 3 is 1.64 bits per heavy atom. The van der Waals surface area contributed by atoms with Gasteiger partial charge in [0.15, 0.2) is 0 Å². The molecule has 2 fully saturated rings. The zero-order valence-electron chi connectivity index (χ0n) is 17.5. The van der Waals surface area contributed by atoms with Gasteiger partial charge in [-0.15, -0.1) is 0 Å². The normalized spacial score (nSPS) is 20.4. The Hall–Kier alpha value is -0.850. The molecule has 0 unspecified atom stereocenters. The number of hydrogen-bond donors (Lipinski definition) is 1. The SMILES string of the molecule is CC(C)N1CCN(C(=O)OC(C)(C)C)CC1.CC(C)N1CCNCC1. The molecule has 2 aliphatic heterocycles. The van der Waals surface area contributed by atoms with E-state index in [1.54, 1.807) is 4.90 Å². The summed E-state index contributed by atoms with van der Waals surface area (Å²) in [4.78, 5) is 18.4. The second kappa shape index (κ2) is 10.3. The highest BCUT2D eigenvalue weighted by Crippen LogP contribution is 2.12. The van der Waals surface area contributed by atoms with Gasteiger partial charge in [-0.25, -0.2) is 4.79 Å². The lowest BCUT2D eigenvalue weighted by Gasteiger charge is -2.37. The molecule has 0 aromatic carbocycles. The third kappa shape index (κ3) is 8.88. The van der Waals surface area contributed by atoms with Crippen LogP contribution >= 0.6 is 0 Å². The molecule has 6 heteroatoms. The average molecular weight is 357 g/mol. The molecule has 0 radical (unpaired) electrons. The van der Waals surface area contributed by atoms with Gasteiger partial charge in [0.25, 0.3) is 0 Å². The van der Waals surface area contributed by atoms with E-state index in [1.165, 1.54) is 13.1 Å². The van der Waals surface area contributed by atoms with Crippen molar-refractivity contribution in [2.75, 3.05) is 52.4 Å². The number of nitrogens with one attached hydrogen (secondary N) is 1.